The summed E-state index contributed by atoms with van der Waals surface area (Å²) in [6.07, 6.45) is 5.43. The van der Waals surface area contributed by atoms with Crippen molar-refractivity contribution >= 4 is 17.8 Å². The Hall–Kier alpha value is -3.16. The third-order valence-corrected chi connectivity index (χ3v) is 3.95. The SMILES string of the molecule is CN(CC(=O)NC1CC1)C(=O)COC(=O)c1ccc(-n2cccn2)cc1. The zero-order valence-corrected chi connectivity index (χ0v) is 14.4. The number of carbonyl (C=O) groups excluding carboxylic acids is 3. The van der Waals surface area contributed by atoms with Gasteiger partial charge in [-0.25, -0.2) is 9.48 Å². The van der Waals surface area contributed by atoms with Crippen LogP contribution in [0.1, 0.15) is 23.2 Å². The molecule has 0 spiro atoms. The normalized spacial score (nSPS) is 13.1. The van der Waals surface area contributed by atoms with Crippen LogP contribution in [0.4, 0.5) is 0 Å². The molecule has 1 aliphatic rings. The van der Waals surface area contributed by atoms with Crippen LogP contribution in [-0.4, -0.2) is 58.7 Å². The lowest BCUT2D eigenvalue weighted by Gasteiger charge is -2.16. The fraction of sp³-hybridized carbons (Fsp3) is 0.333. The maximum absolute atomic E-state index is 12.1. The van der Waals surface area contributed by atoms with Crippen molar-refractivity contribution in [2.45, 2.75) is 18.9 Å². The minimum absolute atomic E-state index is 0.0501. The lowest BCUT2D eigenvalue weighted by atomic mass is 10.2. The standard InChI is InChI=1S/C18H20N4O4/c1-21(11-16(23)20-14-5-6-14)17(24)12-26-18(25)13-3-7-15(8-4-13)22-10-2-9-19-22/h2-4,7-10,14H,5-6,11-12H2,1H3,(H,20,23). The van der Waals surface area contributed by atoms with Gasteiger partial charge < -0.3 is 15.0 Å². The first-order valence-corrected chi connectivity index (χ1v) is 8.33. The van der Waals surface area contributed by atoms with E-state index in [0.717, 1.165) is 18.5 Å². The lowest BCUT2D eigenvalue weighted by Crippen LogP contribution is -2.40. The van der Waals surface area contributed by atoms with E-state index in [1.807, 2.05) is 0 Å². The van der Waals surface area contributed by atoms with E-state index in [1.54, 1.807) is 47.4 Å². The van der Waals surface area contributed by atoms with Crippen molar-refractivity contribution in [1.29, 1.82) is 0 Å². The summed E-state index contributed by atoms with van der Waals surface area (Å²) in [6.45, 7) is -0.460. The van der Waals surface area contributed by atoms with E-state index >= 15 is 0 Å². The summed E-state index contributed by atoms with van der Waals surface area (Å²) in [5.41, 5.74) is 1.15. The summed E-state index contributed by atoms with van der Waals surface area (Å²) in [4.78, 5) is 37.0. The number of esters is 1. The highest BCUT2D eigenvalue weighted by molar-refractivity contribution is 5.92. The molecular formula is C18H20N4O4. The molecule has 1 aliphatic carbocycles. The van der Waals surface area contributed by atoms with E-state index in [1.165, 1.54) is 11.9 Å². The predicted molar refractivity (Wildman–Crippen MR) is 92.6 cm³/mol. The van der Waals surface area contributed by atoms with E-state index in [4.69, 9.17) is 4.74 Å². The highest BCUT2D eigenvalue weighted by Gasteiger charge is 2.24. The van der Waals surface area contributed by atoms with Crippen molar-refractivity contribution in [3.8, 4) is 5.69 Å². The van der Waals surface area contributed by atoms with E-state index in [2.05, 4.69) is 10.4 Å². The second-order valence-electron chi connectivity index (χ2n) is 6.17. The average Bonchev–Trinajstić information content (AvgIpc) is 3.27. The van der Waals surface area contributed by atoms with Crippen molar-refractivity contribution in [3.05, 3.63) is 48.3 Å². The Kier molecular flexibility index (Phi) is 5.31. The van der Waals surface area contributed by atoms with Gasteiger partial charge in [-0.15, -0.1) is 0 Å². The monoisotopic (exact) mass is 356 g/mol. The van der Waals surface area contributed by atoms with Gasteiger partial charge in [-0.05, 0) is 43.2 Å². The molecule has 136 valence electrons. The van der Waals surface area contributed by atoms with E-state index in [9.17, 15) is 14.4 Å². The molecule has 8 nitrogen and oxygen atoms in total. The summed E-state index contributed by atoms with van der Waals surface area (Å²) in [6, 6.07) is 8.73. The summed E-state index contributed by atoms with van der Waals surface area (Å²) in [7, 11) is 1.50. The van der Waals surface area contributed by atoms with Crippen LogP contribution in [0, 0.1) is 0 Å². The van der Waals surface area contributed by atoms with Crippen LogP contribution in [0.25, 0.3) is 5.69 Å². The first-order valence-electron chi connectivity index (χ1n) is 8.33. The number of ether oxygens (including phenoxy) is 1. The topological polar surface area (TPSA) is 93.5 Å². The van der Waals surface area contributed by atoms with Gasteiger partial charge >= 0.3 is 5.97 Å². The van der Waals surface area contributed by atoms with Gasteiger partial charge in [-0.3, -0.25) is 9.59 Å². The number of nitrogens with zero attached hydrogens (tertiary/aromatic N) is 3. The van der Waals surface area contributed by atoms with Crippen LogP contribution >= 0.6 is 0 Å². The number of hydrogen-bond donors (Lipinski definition) is 1. The fourth-order valence-corrected chi connectivity index (χ4v) is 2.30. The van der Waals surface area contributed by atoms with Crippen LogP contribution in [0.5, 0.6) is 0 Å². The third-order valence-electron chi connectivity index (χ3n) is 3.95. The molecule has 1 heterocycles. The zero-order chi connectivity index (χ0) is 18.5. The quantitative estimate of drug-likeness (QED) is 0.740. The van der Waals surface area contributed by atoms with Gasteiger partial charge in [0.15, 0.2) is 6.61 Å². The smallest absolute Gasteiger partial charge is 0.338 e. The van der Waals surface area contributed by atoms with Gasteiger partial charge in [0, 0.05) is 25.5 Å². The van der Waals surface area contributed by atoms with Gasteiger partial charge in [-0.1, -0.05) is 0 Å². The molecule has 1 aromatic carbocycles. The van der Waals surface area contributed by atoms with Gasteiger partial charge in [0.2, 0.25) is 5.91 Å². The largest absolute Gasteiger partial charge is 0.452 e. The average molecular weight is 356 g/mol. The van der Waals surface area contributed by atoms with Gasteiger partial charge in [0.1, 0.15) is 0 Å². The maximum Gasteiger partial charge on any atom is 0.338 e. The van der Waals surface area contributed by atoms with Gasteiger partial charge in [-0.2, -0.15) is 5.10 Å². The van der Waals surface area contributed by atoms with Crippen LogP contribution in [0.3, 0.4) is 0 Å². The predicted octanol–water partition coefficient (Wildman–Crippen LogP) is 0.766. The molecule has 0 unspecified atom stereocenters. The molecule has 1 aromatic heterocycles. The highest BCUT2D eigenvalue weighted by Crippen LogP contribution is 2.18. The fourth-order valence-electron chi connectivity index (χ4n) is 2.30. The van der Waals surface area contributed by atoms with Crippen molar-refractivity contribution in [2.75, 3.05) is 20.2 Å². The van der Waals surface area contributed by atoms with Crippen LogP contribution in [0.2, 0.25) is 0 Å². The van der Waals surface area contributed by atoms with Gasteiger partial charge in [0.25, 0.3) is 5.91 Å². The minimum Gasteiger partial charge on any atom is -0.452 e. The molecule has 3 rings (SSSR count). The number of amides is 2. The molecule has 0 atom stereocenters. The number of carbonyl (C=O) groups is 3. The Balaban J connectivity index is 1.46. The summed E-state index contributed by atoms with van der Waals surface area (Å²) in [5, 5.41) is 6.90. The molecule has 1 N–H and O–H groups in total. The van der Waals surface area contributed by atoms with Gasteiger partial charge in [0.05, 0.1) is 17.8 Å². The Bertz CT molecular complexity index is 782. The van der Waals surface area contributed by atoms with Crippen LogP contribution < -0.4 is 5.32 Å². The number of rotatable bonds is 7. The van der Waals surface area contributed by atoms with Crippen molar-refractivity contribution < 1.29 is 19.1 Å². The maximum atomic E-state index is 12.1. The summed E-state index contributed by atoms with van der Waals surface area (Å²) >= 11 is 0. The second-order valence-corrected chi connectivity index (χ2v) is 6.17. The number of aromatic nitrogens is 2. The first kappa shape index (κ1) is 17.7. The Labute approximate surface area is 150 Å². The molecule has 8 heteroatoms. The number of nitrogens with one attached hydrogen (secondary N) is 1. The highest BCUT2D eigenvalue weighted by atomic mass is 16.5. The molecule has 2 amide bonds. The molecule has 1 saturated carbocycles. The third kappa shape index (κ3) is 4.69. The molecule has 0 radical (unpaired) electrons. The molecule has 1 fully saturated rings. The van der Waals surface area contributed by atoms with E-state index in [0.29, 0.717) is 5.56 Å². The second kappa shape index (κ2) is 7.81. The van der Waals surface area contributed by atoms with E-state index < -0.39 is 18.5 Å². The number of likely N-dealkylation sites (N-methyl/N-ethyl adjacent to an activating group) is 1. The lowest BCUT2D eigenvalue weighted by molar-refractivity contribution is -0.137. The van der Waals surface area contributed by atoms with Crippen LogP contribution in [0.15, 0.2) is 42.7 Å². The molecule has 0 saturated heterocycles. The number of hydrogen-bond acceptors (Lipinski definition) is 5. The summed E-state index contributed by atoms with van der Waals surface area (Å²) in [5.74, 6) is -1.23. The van der Waals surface area contributed by atoms with Crippen molar-refractivity contribution in [3.63, 3.8) is 0 Å². The van der Waals surface area contributed by atoms with E-state index in [-0.39, 0.29) is 18.5 Å². The summed E-state index contributed by atoms with van der Waals surface area (Å²) < 4.78 is 6.70. The molecule has 0 bridgehead atoms. The molecular weight excluding hydrogens is 336 g/mol. The Morgan fingerprint density at radius 3 is 2.62 bits per heavy atom. The zero-order valence-electron chi connectivity index (χ0n) is 14.4. The van der Waals surface area contributed by atoms with Crippen molar-refractivity contribution in [2.24, 2.45) is 0 Å². The Morgan fingerprint density at radius 2 is 2.00 bits per heavy atom. The number of benzene rings is 1. The molecule has 2 aromatic rings. The molecule has 26 heavy (non-hydrogen) atoms. The Morgan fingerprint density at radius 1 is 1.27 bits per heavy atom. The van der Waals surface area contributed by atoms with Crippen molar-refractivity contribution in [1.82, 2.24) is 20.0 Å². The van der Waals surface area contributed by atoms with Crippen LogP contribution in [-0.2, 0) is 14.3 Å². The minimum atomic E-state index is -0.596. The molecule has 0 aliphatic heterocycles. The first-order chi connectivity index (χ1) is 12.5.